The van der Waals surface area contributed by atoms with Crippen molar-refractivity contribution in [2.75, 3.05) is 6.54 Å². The second kappa shape index (κ2) is 11.2. The molecule has 0 fully saturated rings. The van der Waals surface area contributed by atoms with Crippen LogP contribution in [0.3, 0.4) is 0 Å². The first-order valence-electron chi connectivity index (χ1n) is 8.60. The Hall–Kier alpha value is -1.93. The summed E-state index contributed by atoms with van der Waals surface area (Å²) < 4.78 is 43.3. The van der Waals surface area contributed by atoms with Crippen molar-refractivity contribution in [3.63, 3.8) is 0 Å². The van der Waals surface area contributed by atoms with E-state index in [0.29, 0.717) is 24.4 Å². The Labute approximate surface area is 171 Å². The van der Waals surface area contributed by atoms with E-state index in [9.17, 15) is 18.0 Å². The van der Waals surface area contributed by atoms with Gasteiger partial charge in [0, 0.05) is 18.3 Å². The van der Waals surface area contributed by atoms with Gasteiger partial charge in [-0.2, -0.15) is 13.2 Å². The van der Waals surface area contributed by atoms with Crippen LogP contribution in [0.15, 0.2) is 23.9 Å². The number of nitrogens with one attached hydrogen (secondary N) is 3. The summed E-state index contributed by atoms with van der Waals surface area (Å²) in [7, 11) is 0. The summed E-state index contributed by atoms with van der Waals surface area (Å²) in [4.78, 5) is 11.7. The molecule has 28 heavy (non-hydrogen) atoms. The molecule has 0 aliphatic carbocycles. The van der Waals surface area contributed by atoms with Gasteiger partial charge in [-0.3, -0.25) is 5.41 Å². The van der Waals surface area contributed by atoms with E-state index < -0.39 is 23.7 Å². The Morgan fingerprint density at radius 1 is 1.21 bits per heavy atom. The number of hydrogen-bond acceptors (Lipinski definition) is 3. The molecule has 0 spiro atoms. The molecule has 0 aromatic heterocycles. The highest BCUT2D eigenvalue weighted by molar-refractivity contribution is 6.37. The average molecular weight is 440 g/mol. The summed E-state index contributed by atoms with van der Waals surface area (Å²) in [5, 5.41) is 12.2. The predicted octanol–water partition coefficient (Wildman–Crippen LogP) is 6.15. The highest BCUT2D eigenvalue weighted by Gasteiger charge is 2.32. The quantitative estimate of drug-likeness (QED) is 0.258. The van der Waals surface area contributed by atoms with Crippen LogP contribution in [-0.4, -0.2) is 18.5 Å². The molecule has 0 unspecified atom stereocenters. The molecule has 0 aliphatic heterocycles. The standard InChI is InChI=1S/C18H22Cl2F3N3O2/c1-3-4-5-6-7-25-17(27)26-11(2)8-15(24)28-16-13(19)9-12(10-14(16)20)18(21,22)23/h8-10,24H,3-7H2,1-2H3,(H2,25,26,27)/b11-8-,24-15?. The number of benzene rings is 1. The van der Waals surface area contributed by atoms with Crippen molar-refractivity contribution in [2.24, 2.45) is 0 Å². The van der Waals surface area contributed by atoms with Gasteiger partial charge >= 0.3 is 12.2 Å². The highest BCUT2D eigenvalue weighted by atomic mass is 35.5. The molecular formula is C18H22Cl2F3N3O2. The highest BCUT2D eigenvalue weighted by Crippen LogP contribution is 2.39. The average Bonchev–Trinajstić information content (AvgIpc) is 2.56. The van der Waals surface area contributed by atoms with Crippen LogP contribution >= 0.6 is 23.2 Å². The SMILES string of the molecule is CCCCCCNC(=O)N/C(C)=C\C(=N)Oc1c(Cl)cc(C(F)(F)F)cc1Cl. The Kier molecular flexibility index (Phi) is 9.61. The largest absolute Gasteiger partial charge is 0.436 e. The minimum Gasteiger partial charge on any atom is -0.436 e. The second-order valence-electron chi connectivity index (χ2n) is 6.00. The van der Waals surface area contributed by atoms with Crippen LogP contribution in [0.4, 0.5) is 18.0 Å². The number of amides is 2. The summed E-state index contributed by atoms with van der Waals surface area (Å²) in [5.41, 5.74) is -0.722. The zero-order chi connectivity index (χ0) is 21.3. The first kappa shape index (κ1) is 24.1. The van der Waals surface area contributed by atoms with E-state index >= 15 is 0 Å². The van der Waals surface area contributed by atoms with Gasteiger partial charge in [-0.1, -0.05) is 49.4 Å². The monoisotopic (exact) mass is 439 g/mol. The Morgan fingerprint density at radius 3 is 2.36 bits per heavy atom. The van der Waals surface area contributed by atoms with E-state index in [1.54, 1.807) is 0 Å². The van der Waals surface area contributed by atoms with Gasteiger partial charge in [0.2, 0.25) is 5.90 Å². The Balaban J connectivity index is 2.64. The number of halogens is 5. The molecule has 1 rings (SSSR count). The topological polar surface area (TPSA) is 74.2 Å². The fourth-order valence-electron chi connectivity index (χ4n) is 2.17. The van der Waals surface area contributed by atoms with Gasteiger partial charge in [0.15, 0.2) is 5.75 Å². The van der Waals surface area contributed by atoms with Crippen molar-refractivity contribution < 1.29 is 22.7 Å². The van der Waals surface area contributed by atoms with E-state index in [2.05, 4.69) is 17.6 Å². The van der Waals surface area contributed by atoms with Gasteiger partial charge in [-0.25, -0.2) is 4.79 Å². The van der Waals surface area contributed by atoms with E-state index in [4.69, 9.17) is 33.3 Å². The minimum absolute atomic E-state index is 0.272. The first-order valence-corrected chi connectivity index (χ1v) is 9.36. The smallest absolute Gasteiger partial charge is 0.416 e. The molecule has 0 heterocycles. The zero-order valence-electron chi connectivity index (χ0n) is 15.5. The van der Waals surface area contributed by atoms with Crippen LogP contribution in [0, 0.1) is 5.41 Å². The van der Waals surface area contributed by atoms with E-state index in [-0.39, 0.29) is 15.8 Å². The van der Waals surface area contributed by atoms with E-state index in [1.807, 2.05) is 0 Å². The fraction of sp³-hybridized carbons (Fsp3) is 0.444. The lowest BCUT2D eigenvalue weighted by atomic mass is 10.2. The van der Waals surface area contributed by atoms with Gasteiger partial charge < -0.3 is 15.4 Å². The van der Waals surface area contributed by atoms with Crippen LogP contribution in [0.1, 0.15) is 45.1 Å². The lowest BCUT2D eigenvalue weighted by Crippen LogP contribution is -2.35. The molecular weight excluding hydrogens is 418 g/mol. The molecule has 5 nitrogen and oxygen atoms in total. The Bertz CT molecular complexity index is 714. The van der Waals surface area contributed by atoms with Crippen LogP contribution in [0.2, 0.25) is 10.0 Å². The fourth-order valence-corrected chi connectivity index (χ4v) is 2.73. The minimum atomic E-state index is -4.61. The van der Waals surface area contributed by atoms with Gasteiger partial charge in [-0.05, 0) is 25.5 Å². The third-order valence-corrected chi connectivity index (χ3v) is 4.07. The van der Waals surface area contributed by atoms with E-state index in [0.717, 1.165) is 25.7 Å². The van der Waals surface area contributed by atoms with Crippen molar-refractivity contribution in [3.8, 4) is 5.75 Å². The van der Waals surface area contributed by atoms with Gasteiger partial charge in [-0.15, -0.1) is 0 Å². The number of unbranched alkanes of at least 4 members (excludes halogenated alkanes) is 3. The molecule has 0 saturated heterocycles. The lowest BCUT2D eigenvalue weighted by Gasteiger charge is -2.13. The summed E-state index contributed by atoms with van der Waals surface area (Å²) in [6.07, 6.45) is 0.673. The summed E-state index contributed by atoms with van der Waals surface area (Å²) in [6, 6.07) is 0.900. The molecule has 1 aromatic carbocycles. The van der Waals surface area contributed by atoms with Gasteiger partial charge in [0.1, 0.15) is 0 Å². The molecule has 156 valence electrons. The lowest BCUT2D eigenvalue weighted by molar-refractivity contribution is -0.137. The van der Waals surface area contributed by atoms with Crippen LogP contribution in [-0.2, 0) is 6.18 Å². The third kappa shape index (κ3) is 8.39. The van der Waals surface area contributed by atoms with Crippen molar-refractivity contribution >= 4 is 35.1 Å². The number of carbonyl (C=O) groups is 1. The predicted molar refractivity (Wildman–Crippen MR) is 104 cm³/mol. The number of carbonyl (C=O) groups excluding carboxylic acids is 1. The van der Waals surface area contributed by atoms with Crippen molar-refractivity contribution in [2.45, 2.75) is 45.7 Å². The summed E-state index contributed by atoms with van der Waals surface area (Å²) in [5.74, 6) is -0.727. The van der Waals surface area contributed by atoms with Crippen molar-refractivity contribution in [1.82, 2.24) is 10.6 Å². The Morgan fingerprint density at radius 2 is 1.82 bits per heavy atom. The molecule has 2 amide bonds. The summed E-state index contributed by atoms with van der Waals surface area (Å²) >= 11 is 11.6. The molecule has 10 heteroatoms. The molecule has 0 bridgehead atoms. The van der Waals surface area contributed by atoms with Crippen molar-refractivity contribution in [3.05, 3.63) is 39.5 Å². The van der Waals surface area contributed by atoms with Crippen LogP contribution < -0.4 is 15.4 Å². The van der Waals surface area contributed by atoms with Crippen LogP contribution in [0.25, 0.3) is 0 Å². The van der Waals surface area contributed by atoms with Gasteiger partial charge in [0.05, 0.1) is 15.6 Å². The number of alkyl halides is 3. The number of rotatable bonds is 8. The molecule has 0 aliphatic rings. The van der Waals surface area contributed by atoms with Gasteiger partial charge in [0.25, 0.3) is 0 Å². The van der Waals surface area contributed by atoms with E-state index in [1.165, 1.54) is 13.0 Å². The summed E-state index contributed by atoms with van der Waals surface area (Å²) in [6.45, 7) is 4.16. The maximum Gasteiger partial charge on any atom is 0.416 e. The normalized spacial score (nSPS) is 11.9. The molecule has 0 saturated carbocycles. The number of ether oxygens (including phenoxy) is 1. The third-order valence-electron chi connectivity index (χ3n) is 3.51. The number of allylic oxidation sites excluding steroid dienone is 1. The zero-order valence-corrected chi connectivity index (χ0v) is 17.0. The van der Waals surface area contributed by atoms with Crippen LogP contribution in [0.5, 0.6) is 5.75 Å². The molecule has 0 atom stereocenters. The molecule has 0 radical (unpaired) electrons. The number of hydrogen-bond donors (Lipinski definition) is 3. The maximum absolute atomic E-state index is 12.7. The molecule has 3 N–H and O–H groups in total. The molecule has 1 aromatic rings. The first-order chi connectivity index (χ1) is 13.0. The number of urea groups is 1. The maximum atomic E-state index is 12.7. The van der Waals surface area contributed by atoms with Crippen molar-refractivity contribution in [1.29, 1.82) is 5.41 Å². The second-order valence-corrected chi connectivity index (χ2v) is 6.82.